The monoisotopic (exact) mass is 231 g/mol. The molecule has 0 saturated heterocycles. The van der Waals surface area contributed by atoms with Crippen molar-refractivity contribution in [3.63, 3.8) is 0 Å². The molecule has 0 aliphatic rings. The molecule has 0 saturated carbocycles. The molecule has 0 fully saturated rings. The maximum atomic E-state index is 9.57. The predicted molar refractivity (Wildman–Crippen MR) is 61.7 cm³/mol. The molecule has 2 heterocycles. The summed E-state index contributed by atoms with van der Waals surface area (Å²) < 4.78 is 6.95. The summed E-state index contributed by atoms with van der Waals surface area (Å²) in [7, 11) is 0. The van der Waals surface area contributed by atoms with Gasteiger partial charge in [-0.05, 0) is 26.0 Å². The second-order valence-electron chi connectivity index (χ2n) is 4.42. The van der Waals surface area contributed by atoms with Gasteiger partial charge in [-0.3, -0.25) is 0 Å². The minimum absolute atomic E-state index is 0.0889. The predicted octanol–water partition coefficient (Wildman–Crippen LogP) is 1.36. The molecule has 0 aliphatic heterocycles. The number of fused-ring (bicyclic) bond motifs is 1. The molecule has 17 heavy (non-hydrogen) atoms. The number of ether oxygens (including phenoxy) is 1. The topological polar surface area (TPSA) is 70.6 Å². The molecule has 5 nitrogen and oxygen atoms in total. The van der Waals surface area contributed by atoms with Crippen LogP contribution in [0, 0.1) is 11.3 Å². The molecule has 2 aromatic heterocycles. The normalized spacial score (nSPS) is 11.4. The van der Waals surface area contributed by atoms with Gasteiger partial charge in [0.25, 0.3) is 5.88 Å². The van der Waals surface area contributed by atoms with Crippen LogP contribution in [-0.2, 0) is 0 Å². The van der Waals surface area contributed by atoms with Crippen molar-refractivity contribution in [2.24, 2.45) is 0 Å². The van der Waals surface area contributed by atoms with Gasteiger partial charge in [0.15, 0.2) is 0 Å². The lowest BCUT2D eigenvalue weighted by atomic mass is 10.2. The van der Waals surface area contributed by atoms with Gasteiger partial charge in [0.1, 0.15) is 18.2 Å². The molecule has 88 valence electrons. The van der Waals surface area contributed by atoms with Gasteiger partial charge in [-0.1, -0.05) is 6.07 Å². The summed E-state index contributed by atoms with van der Waals surface area (Å²) >= 11 is 0. The Labute approximate surface area is 98.9 Å². The average Bonchev–Trinajstić information content (AvgIpc) is 2.63. The molecular weight excluding hydrogens is 218 g/mol. The minimum Gasteiger partial charge on any atom is -0.473 e. The average molecular weight is 231 g/mol. The van der Waals surface area contributed by atoms with Crippen LogP contribution in [0.4, 0.5) is 0 Å². The number of aliphatic hydroxyl groups is 1. The maximum Gasteiger partial charge on any atom is 0.252 e. The summed E-state index contributed by atoms with van der Waals surface area (Å²) in [6.45, 7) is 3.36. The third-order valence-electron chi connectivity index (χ3n) is 2.18. The molecule has 0 aliphatic carbocycles. The second-order valence-corrected chi connectivity index (χ2v) is 4.42. The zero-order valence-corrected chi connectivity index (χ0v) is 9.71. The Morgan fingerprint density at radius 3 is 2.94 bits per heavy atom. The van der Waals surface area contributed by atoms with Crippen molar-refractivity contribution in [2.45, 2.75) is 19.4 Å². The molecule has 0 aromatic carbocycles. The molecular formula is C12H13N3O2. The van der Waals surface area contributed by atoms with Crippen LogP contribution in [0.15, 0.2) is 24.4 Å². The van der Waals surface area contributed by atoms with E-state index in [-0.39, 0.29) is 12.5 Å². The molecule has 0 bridgehead atoms. The largest absolute Gasteiger partial charge is 0.473 e. The smallest absolute Gasteiger partial charge is 0.252 e. The zero-order chi connectivity index (χ0) is 12.5. The van der Waals surface area contributed by atoms with E-state index in [0.29, 0.717) is 11.1 Å². The van der Waals surface area contributed by atoms with E-state index in [9.17, 15) is 5.11 Å². The maximum absolute atomic E-state index is 9.57. The van der Waals surface area contributed by atoms with Crippen LogP contribution in [0.1, 0.15) is 19.4 Å². The van der Waals surface area contributed by atoms with Crippen LogP contribution in [-0.4, -0.2) is 26.9 Å². The third-order valence-corrected chi connectivity index (χ3v) is 2.18. The van der Waals surface area contributed by atoms with Crippen molar-refractivity contribution in [1.82, 2.24) is 9.61 Å². The van der Waals surface area contributed by atoms with E-state index in [2.05, 4.69) is 11.2 Å². The van der Waals surface area contributed by atoms with Crippen LogP contribution >= 0.6 is 0 Å². The molecule has 0 amide bonds. The van der Waals surface area contributed by atoms with Gasteiger partial charge >= 0.3 is 0 Å². The molecule has 0 spiro atoms. The Morgan fingerprint density at radius 2 is 2.29 bits per heavy atom. The summed E-state index contributed by atoms with van der Waals surface area (Å²) in [5.41, 5.74) is 0.123. The lowest BCUT2D eigenvalue weighted by Gasteiger charge is -2.16. The number of rotatable bonds is 3. The van der Waals surface area contributed by atoms with Gasteiger partial charge in [0, 0.05) is 6.20 Å². The molecule has 1 N–H and O–H groups in total. The highest BCUT2D eigenvalue weighted by Crippen LogP contribution is 2.22. The fourth-order valence-electron chi connectivity index (χ4n) is 1.43. The van der Waals surface area contributed by atoms with Crippen LogP contribution in [0.25, 0.3) is 5.52 Å². The van der Waals surface area contributed by atoms with E-state index in [0.717, 1.165) is 0 Å². The number of nitrogens with zero attached hydrogens (tertiary/aromatic N) is 3. The summed E-state index contributed by atoms with van der Waals surface area (Å²) in [6, 6.07) is 7.51. The molecule has 0 radical (unpaired) electrons. The highest BCUT2D eigenvalue weighted by molar-refractivity contribution is 5.64. The van der Waals surface area contributed by atoms with Gasteiger partial charge in [-0.15, -0.1) is 5.10 Å². The first kappa shape index (κ1) is 11.4. The minimum atomic E-state index is -0.956. The van der Waals surface area contributed by atoms with Gasteiger partial charge in [0.05, 0.1) is 11.1 Å². The number of aromatic nitrogens is 2. The van der Waals surface area contributed by atoms with Crippen LogP contribution in [0.5, 0.6) is 5.88 Å². The summed E-state index contributed by atoms with van der Waals surface area (Å²) in [6.07, 6.45) is 1.74. The summed E-state index contributed by atoms with van der Waals surface area (Å²) in [5.74, 6) is 0.251. The van der Waals surface area contributed by atoms with E-state index in [1.807, 2.05) is 12.1 Å². The van der Waals surface area contributed by atoms with Crippen molar-refractivity contribution in [1.29, 1.82) is 5.26 Å². The van der Waals surface area contributed by atoms with Crippen LogP contribution in [0.3, 0.4) is 0 Å². The molecule has 2 rings (SSSR count). The first-order chi connectivity index (χ1) is 8.01. The number of hydrogen-bond donors (Lipinski definition) is 1. The lowest BCUT2D eigenvalue weighted by Crippen LogP contribution is -2.28. The van der Waals surface area contributed by atoms with Gasteiger partial charge in [0.2, 0.25) is 0 Å². The number of nitriles is 1. The Morgan fingerprint density at radius 1 is 1.53 bits per heavy atom. The van der Waals surface area contributed by atoms with Gasteiger partial charge < -0.3 is 9.84 Å². The van der Waals surface area contributed by atoms with E-state index < -0.39 is 5.60 Å². The SMILES string of the molecule is CC(C)(O)COc1nn2ccccc2c1C#N. The lowest BCUT2D eigenvalue weighted by molar-refractivity contribution is 0.0266. The van der Waals surface area contributed by atoms with Crippen molar-refractivity contribution in [3.8, 4) is 11.9 Å². The van der Waals surface area contributed by atoms with E-state index in [1.165, 1.54) is 0 Å². The van der Waals surface area contributed by atoms with Crippen molar-refractivity contribution in [2.75, 3.05) is 6.61 Å². The first-order valence-corrected chi connectivity index (χ1v) is 5.24. The quantitative estimate of drug-likeness (QED) is 0.865. The summed E-state index contributed by atoms with van der Waals surface area (Å²) in [5, 5.41) is 22.8. The Balaban J connectivity index is 2.38. The fraction of sp³-hybridized carbons (Fsp3) is 0.333. The molecule has 0 unspecified atom stereocenters. The highest BCUT2D eigenvalue weighted by Gasteiger charge is 2.18. The number of pyridine rings is 1. The zero-order valence-electron chi connectivity index (χ0n) is 9.71. The van der Waals surface area contributed by atoms with Crippen LogP contribution < -0.4 is 4.74 Å². The van der Waals surface area contributed by atoms with E-state index in [1.54, 1.807) is 30.6 Å². The third kappa shape index (κ3) is 2.37. The standard InChI is InChI=1S/C12H13N3O2/c1-12(2,16)8-17-11-9(7-13)10-5-3-4-6-15(10)14-11/h3-6,16H,8H2,1-2H3. The molecule has 5 heteroatoms. The Kier molecular flexibility index (Phi) is 2.74. The van der Waals surface area contributed by atoms with Crippen molar-refractivity contribution < 1.29 is 9.84 Å². The van der Waals surface area contributed by atoms with E-state index >= 15 is 0 Å². The van der Waals surface area contributed by atoms with Crippen molar-refractivity contribution in [3.05, 3.63) is 30.0 Å². The Bertz CT molecular complexity index is 575. The van der Waals surface area contributed by atoms with E-state index in [4.69, 9.17) is 10.00 Å². The second kappa shape index (κ2) is 4.07. The molecule has 0 atom stereocenters. The number of hydrogen-bond acceptors (Lipinski definition) is 4. The fourth-order valence-corrected chi connectivity index (χ4v) is 1.43. The van der Waals surface area contributed by atoms with Gasteiger partial charge in [-0.2, -0.15) is 5.26 Å². The van der Waals surface area contributed by atoms with Crippen LogP contribution in [0.2, 0.25) is 0 Å². The summed E-state index contributed by atoms with van der Waals surface area (Å²) in [4.78, 5) is 0. The van der Waals surface area contributed by atoms with Crippen molar-refractivity contribution >= 4 is 5.52 Å². The first-order valence-electron chi connectivity index (χ1n) is 5.24. The van der Waals surface area contributed by atoms with Gasteiger partial charge in [-0.25, -0.2) is 4.52 Å². The highest BCUT2D eigenvalue weighted by atomic mass is 16.5. The Hall–Kier alpha value is -2.06. The molecule has 2 aromatic rings.